The maximum Gasteiger partial charge on any atom is 0.335 e. The van der Waals surface area contributed by atoms with Gasteiger partial charge >= 0.3 is 5.97 Å². The highest BCUT2D eigenvalue weighted by atomic mass is 19.1. The van der Waals surface area contributed by atoms with Gasteiger partial charge in [-0.15, -0.1) is 5.10 Å². The van der Waals surface area contributed by atoms with Crippen molar-refractivity contribution in [1.82, 2.24) is 25.2 Å². The Labute approximate surface area is 184 Å². The van der Waals surface area contributed by atoms with Crippen molar-refractivity contribution >= 4 is 11.9 Å². The summed E-state index contributed by atoms with van der Waals surface area (Å²) in [7, 11) is 3.99. The van der Waals surface area contributed by atoms with E-state index in [1.807, 2.05) is 14.1 Å². The topological polar surface area (TPSA) is 100 Å². The fraction of sp³-hybridized carbons (Fsp3) is 0.304. The van der Waals surface area contributed by atoms with Crippen LogP contribution in [0.1, 0.15) is 33.6 Å². The molecule has 1 aliphatic carbocycles. The number of nitrogens with zero attached hydrogens (tertiary/aromatic N) is 4. The van der Waals surface area contributed by atoms with Crippen LogP contribution in [0.25, 0.3) is 16.9 Å². The molecular formula is C23H24FN5O3. The average molecular weight is 437 g/mol. The molecule has 9 heteroatoms. The number of nitrogens with one attached hydrogen (secondary N) is 1. The molecule has 0 bridgehead atoms. The van der Waals surface area contributed by atoms with Crippen molar-refractivity contribution in [1.29, 1.82) is 0 Å². The molecule has 0 saturated heterocycles. The van der Waals surface area contributed by atoms with E-state index < -0.39 is 11.8 Å². The quantitative estimate of drug-likeness (QED) is 0.562. The van der Waals surface area contributed by atoms with Crippen molar-refractivity contribution in [2.24, 2.45) is 5.92 Å². The summed E-state index contributed by atoms with van der Waals surface area (Å²) < 4.78 is 15.8. The molecule has 1 heterocycles. The highest BCUT2D eigenvalue weighted by Crippen LogP contribution is 2.34. The molecule has 1 amide bonds. The van der Waals surface area contributed by atoms with Crippen LogP contribution in [0.5, 0.6) is 0 Å². The number of hydrogen-bond acceptors (Lipinski definition) is 5. The number of carbonyl (C=O) groups is 2. The Morgan fingerprint density at radius 2 is 1.91 bits per heavy atom. The van der Waals surface area contributed by atoms with Gasteiger partial charge in [0.25, 0.3) is 5.91 Å². The zero-order valence-electron chi connectivity index (χ0n) is 17.8. The molecular weight excluding hydrogens is 413 g/mol. The Morgan fingerprint density at radius 1 is 1.19 bits per heavy atom. The van der Waals surface area contributed by atoms with Crippen LogP contribution in [-0.2, 0) is 0 Å². The number of likely N-dealkylation sites (N-methyl/N-ethyl adjacent to an activating group) is 1. The van der Waals surface area contributed by atoms with E-state index in [1.165, 1.54) is 28.9 Å². The van der Waals surface area contributed by atoms with Gasteiger partial charge in [-0.05, 0) is 75.3 Å². The number of amides is 1. The van der Waals surface area contributed by atoms with Gasteiger partial charge in [-0.3, -0.25) is 4.79 Å². The predicted octanol–water partition coefficient (Wildman–Crippen LogP) is 2.84. The first-order valence-corrected chi connectivity index (χ1v) is 10.3. The van der Waals surface area contributed by atoms with Crippen LogP contribution in [0.3, 0.4) is 0 Å². The largest absolute Gasteiger partial charge is 0.478 e. The van der Waals surface area contributed by atoms with Crippen molar-refractivity contribution in [3.05, 3.63) is 65.6 Å². The minimum Gasteiger partial charge on any atom is -0.478 e. The van der Waals surface area contributed by atoms with Gasteiger partial charge in [0.2, 0.25) is 0 Å². The molecule has 1 fully saturated rings. The summed E-state index contributed by atoms with van der Waals surface area (Å²) >= 11 is 0. The summed E-state index contributed by atoms with van der Waals surface area (Å²) in [6.07, 6.45) is 3.93. The van der Waals surface area contributed by atoms with Crippen LogP contribution in [0, 0.1) is 11.7 Å². The van der Waals surface area contributed by atoms with E-state index in [1.54, 1.807) is 24.4 Å². The number of benzene rings is 2. The fourth-order valence-electron chi connectivity index (χ4n) is 3.70. The van der Waals surface area contributed by atoms with E-state index in [0.29, 0.717) is 29.4 Å². The molecule has 0 aliphatic heterocycles. The van der Waals surface area contributed by atoms with Crippen LogP contribution in [0.2, 0.25) is 0 Å². The molecule has 1 aliphatic rings. The zero-order valence-corrected chi connectivity index (χ0v) is 17.8. The second-order valence-electron chi connectivity index (χ2n) is 8.21. The lowest BCUT2D eigenvalue weighted by Crippen LogP contribution is -2.41. The summed E-state index contributed by atoms with van der Waals surface area (Å²) in [5.74, 6) is -1.31. The summed E-state index contributed by atoms with van der Waals surface area (Å²) in [6, 6.07) is 10.5. The third-order valence-electron chi connectivity index (χ3n) is 5.63. The SMILES string of the molecule is CN(C)C(CNC(=O)c1cc(F)cc(-c2cn(-c3ccc(C(=O)O)cc3)nn2)c1)C1CC1. The lowest BCUT2D eigenvalue weighted by molar-refractivity contribution is 0.0696. The minimum atomic E-state index is -1.02. The third-order valence-corrected chi connectivity index (χ3v) is 5.63. The van der Waals surface area contributed by atoms with Crippen LogP contribution in [0.4, 0.5) is 4.39 Å². The fourth-order valence-corrected chi connectivity index (χ4v) is 3.70. The Morgan fingerprint density at radius 3 is 2.53 bits per heavy atom. The molecule has 1 atom stereocenters. The number of rotatable bonds is 8. The van der Waals surface area contributed by atoms with E-state index in [2.05, 4.69) is 20.5 Å². The van der Waals surface area contributed by atoms with Crippen LogP contribution in [0.15, 0.2) is 48.7 Å². The van der Waals surface area contributed by atoms with Gasteiger partial charge < -0.3 is 15.3 Å². The molecule has 2 N–H and O–H groups in total. The summed E-state index contributed by atoms with van der Waals surface area (Å²) in [4.78, 5) is 25.8. The monoisotopic (exact) mass is 437 g/mol. The number of carboxylic acid groups (broad SMARTS) is 1. The number of aromatic nitrogens is 3. The Kier molecular flexibility index (Phi) is 6.00. The van der Waals surface area contributed by atoms with Crippen molar-refractivity contribution in [3.63, 3.8) is 0 Å². The van der Waals surface area contributed by atoms with E-state index in [4.69, 9.17) is 5.11 Å². The average Bonchev–Trinajstić information content (AvgIpc) is 3.47. The second-order valence-corrected chi connectivity index (χ2v) is 8.21. The molecule has 1 unspecified atom stereocenters. The summed E-state index contributed by atoms with van der Waals surface area (Å²) in [6.45, 7) is 0.505. The zero-order chi connectivity index (χ0) is 22.8. The molecule has 166 valence electrons. The smallest absolute Gasteiger partial charge is 0.335 e. The van der Waals surface area contributed by atoms with Crippen molar-refractivity contribution in [3.8, 4) is 16.9 Å². The van der Waals surface area contributed by atoms with Crippen molar-refractivity contribution < 1.29 is 19.1 Å². The first kappa shape index (κ1) is 21.6. The predicted molar refractivity (Wildman–Crippen MR) is 116 cm³/mol. The lowest BCUT2D eigenvalue weighted by atomic mass is 10.1. The van der Waals surface area contributed by atoms with Gasteiger partial charge in [-0.1, -0.05) is 5.21 Å². The van der Waals surface area contributed by atoms with E-state index in [-0.39, 0.29) is 23.1 Å². The third kappa shape index (κ3) is 4.83. The van der Waals surface area contributed by atoms with Gasteiger partial charge in [0.05, 0.1) is 17.4 Å². The van der Waals surface area contributed by atoms with Gasteiger partial charge in [0.1, 0.15) is 11.5 Å². The highest BCUT2D eigenvalue weighted by Gasteiger charge is 2.32. The van der Waals surface area contributed by atoms with Crippen LogP contribution < -0.4 is 5.32 Å². The summed E-state index contributed by atoms with van der Waals surface area (Å²) in [5.41, 5.74) is 1.81. The van der Waals surface area contributed by atoms with E-state index in [0.717, 1.165) is 12.8 Å². The number of aromatic carboxylic acids is 1. The minimum absolute atomic E-state index is 0.160. The highest BCUT2D eigenvalue weighted by molar-refractivity contribution is 5.95. The van der Waals surface area contributed by atoms with Crippen molar-refractivity contribution in [2.45, 2.75) is 18.9 Å². The Hall–Kier alpha value is -3.59. The van der Waals surface area contributed by atoms with E-state index >= 15 is 0 Å². The number of hydrogen-bond donors (Lipinski definition) is 2. The summed E-state index contributed by atoms with van der Waals surface area (Å²) in [5, 5.41) is 20.1. The van der Waals surface area contributed by atoms with E-state index in [9.17, 15) is 14.0 Å². The van der Waals surface area contributed by atoms with Gasteiger partial charge in [0.15, 0.2) is 0 Å². The Bertz CT molecular complexity index is 1140. The lowest BCUT2D eigenvalue weighted by Gasteiger charge is -2.24. The normalized spacial score (nSPS) is 14.4. The van der Waals surface area contributed by atoms with Gasteiger partial charge in [-0.2, -0.15) is 0 Å². The standard InChI is InChI=1S/C23H24FN5O3/c1-28(2)21(14-3-4-14)12-25-22(30)17-9-16(10-18(24)11-17)20-13-29(27-26-20)19-7-5-15(6-8-19)23(31)32/h5-11,13-14,21H,3-4,12H2,1-2H3,(H,25,30)(H,31,32). The molecule has 4 rings (SSSR count). The van der Waals surface area contributed by atoms with Gasteiger partial charge in [0, 0.05) is 23.7 Å². The second kappa shape index (κ2) is 8.88. The number of halogens is 1. The number of carbonyl (C=O) groups excluding carboxylic acids is 1. The molecule has 3 aromatic rings. The van der Waals surface area contributed by atoms with Gasteiger partial charge in [-0.25, -0.2) is 13.9 Å². The molecule has 8 nitrogen and oxygen atoms in total. The molecule has 1 saturated carbocycles. The molecule has 0 radical (unpaired) electrons. The molecule has 32 heavy (non-hydrogen) atoms. The maximum absolute atomic E-state index is 14.3. The Balaban J connectivity index is 1.51. The first-order chi connectivity index (χ1) is 15.3. The first-order valence-electron chi connectivity index (χ1n) is 10.3. The maximum atomic E-state index is 14.3. The van der Waals surface area contributed by atoms with Crippen LogP contribution >= 0.6 is 0 Å². The van der Waals surface area contributed by atoms with Crippen LogP contribution in [-0.4, -0.2) is 63.6 Å². The number of carboxylic acids is 1. The molecule has 0 spiro atoms. The van der Waals surface area contributed by atoms with Crippen molar-refractivity contribution in [2.75, 3.05) is 20.6 Å². The molecule has 2 aromatic carbocycles. The molecule has 1 aromatic heterocycles.